The summed E-state index contributed by atoms with van der Waals surface area (Å²) in [5.74, 6) is 4.28. The molecule has 0 unspecified atom stereocenters. The molecule has 0 radical (unpaired) electrons. The molecule has 0 heterocycles. The lowest BCUT2D eigenvalue weighted by Gasteiger charge is -2.62. The molecule has 0 aromatic carbocycles. The second kappa shape index (κ2) is 8.67. The van der Waals surface area contributed by atoms with Crippen molar-refractivity contribution in [1.82, 2.24) is 0 Å². The molecule has 0 amide bonds. The van der Waals surface area contributed by atoms with Gasteiger partial charge in [-0.05, 0) is 110 Å². The smallest absolute Gasteiger partial charge is 0.0577 e. The lowest BCUT2D eigenvalue weighted by Crippen LogP contribution is -2.58. The number of aliphatic hydroxyl groups excluding tert-OH is 3. The van der Waals surface area contributed by atoms with Crippen molar-refractivity contribution in [1.29, 1.82) is 0 Å². The van der Waals surface area contributed by atoms with Gasteiger partial charge in [0, 0.05) is 6.61 Å². The van der Waals surface area contributed by atoms with E-state index in [4.69, 9.17) is 0 Å². The molecule has 0 saturated heterocycles. The molecule has 3 nitrogen and oxygen atoms in total. The molecule has 0 aromatic rings. The fraction of sp³-hybridized carbons (Fsp3) is 1.00. The maximum atomic E-state index is 11.4. The summed E-state index contributed by atoms with van der Waals surface area (Å²) in [7, 11) is 0. The van der Waals surface area contributed by atoms with Crippen molar-refractivity contribution >= 4 is 0 Å². The molecule has 0 bridgehead atoms. The van der Waals surface area contributed by atoms with Gasteiger partial charge in [-0.25, -0.2) is 0 Å². The summed E-state index contributed by atoms with van der Waals surface area (Å²) < 4.78 is 0. The fourth-order valence-electron chi connectivity index (χ4n) is 9.26. The van der Waals surface area contributed by atoms with Gasteiger partial charge < -0.3 is 15.3 Å². The van der Waals surface area contributed by atoms with Gasteiger partial charge in [-0.2, -0.15) is 0 Å². The van der Waals surface area contributed by atoms with Gasteiger partial charge in [0.1, 0.15) is 0 Å². The van der Waals surface area contributed by atoms with Gasteiger partial charge in [-0.1, -0.05) is 40.5 Å². The van der Waals surface area contributed by atoms with E-state index in [0.717, 1.165) is 43.9 Å². The van der Waals surface area contributed by atoms with Crippen LogP contribution in [0.25, 0.3) is 0 Å². The Labute approximate surface area is 185 Å². The van der Waals surface area contributed by atoms with Gasteiger partial charge in [0.25, 0.3) is 0 Å². The standard InChI is InChI=1S/C27H48O3/c1-17(16-28)6-5-7-18(2)21-8-9-22-25-23(11-13-27(21,22)4)26(3)12-10-20(29)14-19(26)15-24(25)30/h17-25,28-30H,5-16H2,1-4H3/t17-,18-,19+,20-,21-,22+,23+,24-,25+,26+,27-/m1/s1. The Morgan fingerprint density at radius 2 is 1.57 bits per heavy atom. The van der Waals surface area contributed by atoms with Crippen LogP contribution in [0.1, 0.15) is 98.3 Å². The topological polar surface area (TPSA) is 60.7 Å². The predicted octanol–water partition coefficient (Wildman–Crippen LogP) is 5.41. The van der Waals surface area contributed by atoms with Crippen molar-refractivity contribution in [2.45, 2.75) is 111 Å². The monoisotopic (exact) mass is 420 g/mol. The zero-order chi connectivity index (χ0) is 21.7. The van der Waals surface area contributed by atoms with Crippen LogP contribution in [0.5, 0.6) is 0 Å². The first-order chi connectivity index (χ1) is 14.2. The number of fused-ring (bicyclic) bond motifs is 5. The van der Waals surface area contributed by atoms with Crippen LogP contribution >= 0.6 is 0 Å². The quantitative estimate of drug-likeness (QED) is 0.538. The van der Waals surface area contributed by atoms with Crippen molar-refractivity contribution in [2.75, 3.05) is 6.61 Å². The molecule has 0 spiro atoms. The molecule has 3 N–H and O–H groups in total. The first kappa shape index (κ1) is 23.1. The Bertz CT molecular complexity index is 593. The fourth-order valence-corrected chi connectivity index (χ4v) is 9.26. The van der Waals surface area contributed by atoms with E-state index >= 15 is 0 Å². The summed E-state index contributed by atoms with van der Waals surface area (Å²) in [4.78, 5) is 0. The summed E-state index contributed by atoms with van der Waals surface area (Å²) in [6.07, 6.45) is 12.5. The maximum Gasteiger partial charge on any atom is 0.0577 e. The van der Waals surface area contributed by atoms with Crippen molar-refractivity contribution in [3.63, 3.8) is 0 Å². The third kappa shape index (κ3) is 3.79. The lowest BCUT2D eigenvalue weighted by atomic mass is 9.43. The summed E-state index contributed by atoms with van der Waals surface area (Å²) in [6.45, 7) is 10.0. The van der Waals surface area contributed by atoms with E-state index in [9.17, 15) is 15.3 Å². The van der Waals surface area contributed by atoms with Crippen LogP contribution in [-0.4, -0.2) is 34.1 Å². The third-order valence-electron chi connectivity index (χ3n) is 11.1. The Hall–Kier alpha value is -0.120. The zero-order valence-corrected chi connectivity index (χ0v) is 20.0. The summed E-state index contributed by atoms with van der Waals surface area (Å²) in [5, 5.41) is 30.9. The van der Waals surface area contributed by atoms with Crippen LogP contribution in [0.2, 0.25) is 0 Å². The lowest BCUT2D eigenvalue weighted by molar-refractivity contribution is -0.174. The highest BCUT2D eigenvalue weighted by Crippen LogP contribution is 2.68. The molecule has 3 heteroatoms. The van der Waals surface area contributed by atoms with Crippen molar-refractivity contribution < 1.29 is 15.3 Å². The van der Waals surface area contributed by atoms with Gasteiger partial charge in [-0.3, -0.25) is 0 Å². The van der Waals surface area contributed by atoms with Crippen LogP contribution in [-0.2, 0) is 0 Å². The Kier molecular flexibility index (Phi) is 6.66. The highest BCUT2D eigenvalue weighted by atomic mass is 16.3. The molecule has 4 fully saturated rings. The van der Waals surface area contributed by atoms with Gasteiger partial charge in [0.15, 0.2) is 0 Å². The average Bonchev–Trinajstić information content (AvgIpc) is 3.06. The average molecular weight is 421 g/mol. The van der Waals surface area contributed by atoms with Gasteiger partial charge >= 0.3 is 0 Å². The molecule has 4 aliphatic rings. The second-order valence-electron chi connectivity index (χ2n) is 12.6. The first-order valence-corrected chi connectivity index (χ1v) is 13.2. The van der Waals surface area contributed by atoms with E-state index in [1.807, 2.05) is 0 Å². The number of aliphatic hydroxyl groups is 3. The van der Waals surface area contributed by atoms with Crippen molar-refractivity contribution in [3.05, 3.63) is 0 Å². The largest absolute Gasteiger partial charge is 0.396 e. The molecular weight excluding hydrogens is 372 g/mol. The summed E-state index contributed by atoms with van der Waals surface area (Å²) in [5.41, 5.74) is 0.718. The van der Waals surface area contributed by atoms with Gasteiger partial charge in [0.2, 0.25) is 0 Å². The Balaban J connectivity index is 1.47. The minimum atomic E-state index is -0.164. The second-order valence-corrected chi connectivity index (χ2v) is 12.6. The van der Waals surface area contributed by atoms with Gasteiger partial charge in [0.05, 0.1) is 12.2 Å². The molecule has 0 aromatic heterocycles. The zero-order valence-electron chi connectivity index (χ0n) is 20.0. The normalized spacial score (nSPS) is 50.3. The van der Waals surface area contributed by atoms with Crippen molar-refractivity contribution in [3.8, 4) is 0 Å². The molecule has 0 aliphatic heterocycles. The van der Waals surface area contributed by atoms with Crippen LogP contribution in [0.15, 0.2) is 0 Å². The minimum Gasteiger partial charge on any atom is -0.396 e. The molecule has 4 aliphatic carbocycles. The molecule has 4 rings (SSSR count). The molecule has 4 saturated carbocycles. The number of rotatable bonds is 6. The van der Waals surface area contributed by atoms with Crippen LogP contribution < -0.4 is 0 Å². The van der Waals surface area contributed by atoms with E-state index in [0.29, 0.717) is 47.0 Å². The molecular formula is C27H48O3. The van der Waals surface area contributed by atoms with E-state index in [-0.39, 0.29) is 12.2 Å². The minimum absolute atomic E-state index is 0.147. The van der Waals surface area contributed by atoms with Crippen molar-refractivity contribution in [2.24, 2.45) is 52.3 Å². The Morgan fingerprint density at radius 1 is 0.867 bits per heavy atom. The van der Waals surface area contributed by atoms with E-state index in [2.05, 4.69) is 27.7 Å². The van der Waals surface area contributed by atoms with Gasteiger partial charge in [-0.15, -0.1) is 0 Å². The highest BCUT2D eigenvalue weighted by Gasteiger charge is 2.62. The van der Waals surface area contributed by atoms with E-state index in [1.54, 1.807) is 0 Å². The predicted molar refractivity (Wildman–Crippen MR) is 122 cm³/mol. The number of hydrogen-bond donors (Lipinski definition) is 3. The summed E-state index contributed by atoms with van der Waals surface area (Å²) in [6, 6.07) is 0. The maximum absolute atomic E-state index is 11.4. The summed E-state index contributed by atoms with van der Waals surface area (Å²) >= 11 is 0. The highest BCUT2D eigenvalue weighted by molar-refractivity contribution is 5.11. The van der Waals surface area contributed by atoms with Crippen LogP contribution in [0.4, 0.5) is 0 Å². The van der Waals surface area contributed by atoms with E-state index in [1.165, 1.54) is 38.5 Å². The van der Waals surface area contributed by atoms with Crippen LogP contribution in [0.3, 0.4) is 0 Å². The number of hydrogen-bond acceptors (Lipinski definition) is 3. The third-order valence-corrected chi connectivity index (χ3v) is 11.1. The molecule has 11 atom stereocenters. The molecule has 30 heavy (non-hydrogen) atoms. The van der Waals surface area contributed by atoms with E-state index < -0.39 is 0 Å². The van der Waals surface area contributed by atoms with Crippen LogP contribution in [0, 0.1) is 52.3 Å². The first-order valence-electron chi connectivity index (χ1n) is 13.2. The molecule has 174 valence electrons. The SMILES string of the molecule is C[C@@H](CO)CCC[C@@H](C)[C@H]1CC[C@H]2[C@@H]3[C@H](O)C[C@@H]4C[C@H](O)CC[C@]4(C)[C@H]3CC[C@]12C. The Morgan fingerprint density at radius 3 is 2.30 bits per heavy atom.